The number of hydrogen-bond donors (Lipinski definition) is 1. The third-order valence-electron chi connectivity index (χ3n) is 2.50. The average molecular weight is 152 g/mol. The van der Waals surface area contributed by atoms with Gasteiger partial charge in [-0.25, -0.2) is 0 Å². The molecule has 0 saturated carbocycles. The first kappa shape index (κ1) is 8.38. The van der Waals surface area contributed by atoms with E-state index >= 15 is 0 Å². The Bertz CT molecular complexity index is 201. The molecule has 62 valence electrons. The lowest BCUT2D eigenvalue weighted by Gasteiger charge is -2.22. The fourth-order valence-electron chi connectivity index (χ4n) is 1.47. The Morgan fingerprint density at radius 2 is 2.27 bits per heavy atom. The van der Waals surface area contributed by atoms with Gasteiger partial charge in [0.05, 0.1) is 5.76 Å². The van der Waals surface area contributed by atoms with E-state index in [1.165, 1.54) is 5.57 Å². The van der Waals surface area contributed by atoms with Crippen molar-refractivity contribution >= 4 is 0 Å². The number of rotatable bonds is 1. The molecule has 1 heteroatoms. The van der Waals surface area contributed by atoms with Gasteiger partial charge in [-0.2, -0.15) is 0 Å². The molecule has 0 fully saturated rings. The summed E-state index contributed by atoms with van der Waals surface area (Å²) in [7, 11) is 0. The molecule has 0 saturated heterocycles. The molecule has 0 aromatic heterocycles. The van der Waals surface area contributed by atoms with Crippen molar-refractivity contribution in [3.8, 4) is 0 Å². The summed E-state index contributed by atoms with van der Waals surface area (Å²) in [6.07, 6.45) is 3.00. The zero-order valence-electron chi connectivity index (χ0n) is 7.35. The van der Waals surface area contributed by atoms with Crippen molar-refractivity contribution in [3.63, 3.8) is 0 Å². The van der Waals surface area contributed by atoms with Gasteiger partial charge in [0.25, 0.3) is 0 Å². The van der Waals surface area contributed by atoms with Crippen molar-refractivity contribution in [1.29, 1.82) is 0 Å². The highest BCUT2D eigenvalue weighted by Crippen LogP contribution is 2.31. The summed E-state index contributed by atoms with van der Waals surface area (Å²) in [5, 5.41) is 9.44. The predicted molar refractivity (Wildman–Crippen MR) is 47.5 cm³/mol. The molecule has 0 heterocycles. The van der Waals surface area contributed by atoms with Crippen molar-refractivity contribution in [2.24, 2.45) is 5.92 Å². The number of aliphatic hydroxyl groups is 1. The van der Waals surface area contributed by atoms with Crippen molar-refractivity contribution < 1.29 is 5.11 Å². The molecule has 0 aliphatic heterocycles. The number of allylic oxidation sites excluding steroid dienone is 3. The van der Waals surface area contributed by atoms with Gasteiger partial charge in [-0.15, -0.1) is 0 Å². The molecule has 0 bridgehead atoms. The highest BCUT2D eigenvalue weighted by Gasteiger charge is 2.18. The monoisotopic (exact) mass is 152 g/mol. The van der Waals surface area contributed by atoms with Gasteiger partial charge in [0.2, 0.25) is 0 Å². The standard InChI is InChI=1S/C10H16O/c1-7(2)9-5-4-8(3)10(11)6-9/h9,11H,1,4-6H2,2-3H3/t9-/m1/s1. The Labute approximate surface area is 68.4 Å². The molecule has 1 atom stereocenters. The van der Waals surface area contributed by atoms with Crippen LogP contribution in [0, 0.1) is 5.92 Å². The Kier molecular flexibility index (Phi) is 2.38. The van der Waals surface area contributed by atoms with Crippen molar-refractivity contribution in [3.05, 3.63) is 23.5 Å². The van der Waals surface area contributed by atoms with Crippen molar-refractivity contribution in [2.45, 2.75) is 33.1 Å². The lowest BCUT2D eigenvalue weighted by Crippen LogP contribution is -2.09. The maximum absolute atomic E-state index is 9.44. The first-order chi connectivity index (χ1) is 5.11. The summed E-state index contributed by atoms with van der Waals surface area (Å²) in [4.78, 5) is 0. The summed E-state index contributed by atoms with van der Waals surface area (Å²) in [5.74, 6) is 1.10. The lowest BCUT2D eigenvalue weighted by molar-refractivity contribution is 0.329. The first-order valence-corrected chi connectivity index (χ1v) is 4.14. The largest absolute Gasteiger partial charge is 0.512 e. The van der Waals surface area contributed by atoms with E-state index in [9.17, 15) is 5.11 Å². The molecule has 1 N–H and O–H groups in total. The maximum Gasteiger partial charge on any atom is 0.0917 e. The van der Waals surface area contributed by atoms with Gasteiger partial charge in [-0.3, -0.25) is 0 Å². The molecule has 0 amide bonds. The lowest BCUT2D eigenvalue weighted by atomic mass is 9.85. The average Bonchev–Trinajstić information content (AvgIpc) is 1.94. The van der Waals surface area contributed by atoms with Crippen LogP contribution in [-0.4, -0.2) is 5.11 Å². The quantitative estimate of drug-likeness (QED) is 0.572. The van der Waals surface area contributed by atoms with Gasteiger partial charge in [0, 0.05) is 6.42 Å². The molecule has 0 aromatic rings. The van der Waals surface area contributed by atoms with Crippen molar-refractivity contribution in [1.82, 2.24) is 0 Å². The smallest absolute Gasteiger partial charge is 0.0917 e. The SMILES string of the molecule is C=C(C)[C@@H]1CCC(C)=C(O)C1. The van der Waals surface area contributed by atoms with Crippen LogP contribution in [0.4, 0.5) is 0 Å². The summed E-state index contributed by atoms with van der Waals surface area (Å²) >= 11 is 0. The molecule has 0 spiro atoms. The summed E-state index contributed by atoms with van der Waals surface area (Å²) in [6.45, 7) is 7.95. The predicted octanol–water partition coefficient (Wildman–Crippen LogP) is 3.19. The van der Waals surface area contributed by atoms with Crippen LogP contribution in [0.2, 0.25) is 0 Å². The van der Waals surface area contributed by atoms with Crippen LogP contribution in [0.3, 0.4) is 0 Å². The van der Waals surface area contributed by atoms with Crippen LogP contribution in [0.25, 0.3) is 0 Å². The fraction of sp³-hybridized carbons (Fsp3) is 0.600. The second kappa shape index (κ2) is 3.12. The molecule has 1 aliphatic rings. The molecule has 0 unspecified atom stereocenters. The highest BCUT2D eigenvalue weighted by molar-refractivity contribution is 5.14. The molecular weight excluding hydrogens is 136 g/mol. The van der Waals surface area contributed by atoms with E-state index in [2.05, 4.69) is 6.58 Å². The third-order valence-corrected chi connectivity index (χ3v) is 2.50. The van der Waals surface area contributed by atoms with Gasteiger partial charge in [-0.1, -0.05) is 12.2 Å². The van der Waals surface area contributed by atoms with Crippen LogP contribution in [0.5, 0.6) is 0 Å². The van der Waals surface area contributed by atoms with Crippen LogP contribution in [-0.2, 0) is 0 Å². The number of aliphatic hydroxyl groups excluding tert-OH is 1. The number of hydrogen-bond acceptors (Lipinski definition) is 1. The second-order valence-electron chi connectivity index (χ2n) is 3.51. The summed E-state index contributed by atoms with van der Waals surface area (Å²) in [5.41, 5.74) is 2.35. The van der Waals surface area contributed by atoms with Gasteiger partial charge in [0.1, 0.15) is 0 Å². The molecule has 1 aliphatic carbocycles. The van der Waals surface area contributed by atoms with Crippen LogP contribution in [0.15, 0.2) is 23.5 Å². The van der Waals surface area contributed by atoms with E-state index in [4.69, 9.17) is 0 Å². The Morgan fingerprint density at radius 1 is 1.64 bits per heavy atom. The normalized spacial score (nSPS) is 25.5. The molecule has 0 radical (unpaired) electrons. The van der Waals surface area contributed by atoms with E-state index in [-0.39, 0.29) is 0 Å². The van der Waals surface area contributed by atoms with Crippen LogP contribution < -0.4 is 0 Å². The minimum absolute atomic E-state index is 0.513. The van der Waals surface area contributed by atoms with E-state index in [0.717, 1.165) is 24.8 Å². The van der Waals surface area contributed by atoms with Gasteiger partial charge in [-0.05, 0) is 38.2 Å². The van der Waals surface area contributed by atoms with E-state index < -0.39 is 0 Å². The highest BCUT2D eigenvalue weighted by atomic mass is 16.3. The Balaban J connectivity index is 2.64. The minimum atomic E-state index is 0.513. The molecule has 1 nitrogen and oxygen atoms in total. The van der Waals surface area contributed by atoms with Gasteiger partial charge in [0.15, 0.2) is 0 Å². The van der Waals surface area contributed by atoms with Crippen molar-refractivity contribution in [2.75, 3.05) is 0 Å². The minimum Gasteiger partial charge on any atom is -0.512 e. The van der Waals surface area contributed by atoms with Gasteiger partial charge < -0.3 is 5.11 Å². The third kappa shape index (κ3) is 1.86. The second-order valence-corrected chi connectivity index (χ2v) is 3.51. The molecule has 0 aromatic carbocycles. The van der Waals surface area contributed by atoms with E-state index in [1.807, 2.05) is 13.8 Å². The molecule has 11 heavy (non-hydrogen) atoms. The zero-order valence-corrected chi connectivity index (χ0v) is 7.35. The fourth-order valence-corrected chi connectivity index (χ4v) is 1.47. The van der Waals surface area contributed by atoms with Crippen LogP contribution in [0.1, 0.15) is 33.1 Å². The Morgan fingerprint density at radius 3 is 2.73 bits per heavy atom. The first-order valence-electron chi connectivity index (χ1n) is 4.14. The summed E-state index contributed by atoms with van der Waals surface area (Å²) in [6, 6.07) is 0. The van der Waals surface area contributed by atoms with Crippen LogP contribution >= 0.6 is 0 Å². The molecular formula is C10H16O. The van der Waals surface area contributed by atoms with Gasteiger partial charge >= 0.3 is 0 Å². The van der Waals surface area contributed by atoms with E-state index in [0.29, 0.717) is 11.7 Å². The zero-order chi connectivity index (χ0) is 8.43. The summed E-state index contributed by atoms with van der Waals surface area (Å²) < 4.78 is 0. The topological polar surface area (TPSA) is 20.2 Å². The Hall–Kier alpha value is -0.720. The molecule has 1 rings (SSSR count). The van der Waals surface area contributed by atoms with E-state index in [1.54, 1.807) is 0 Å². The maximum atomic E-state index is 9.44.